The summed E-state index contributed by atoms with van der Waals surface area (Å²) >= 11 is 0. The van der Waals surface area contributed by atoms with Crippen LogP contribution in [0, 0.1) is 17.2 Å². The van der Waals surface area contributed by atoms with E-state index in [0.717, 1.165) is 36.1 Å². The highest BCUT2D eigenvalue weighted by Gasteiger charge is 2.36. The second-order valence-corrected chi connectivity index (χ2v) is 10.7. The number of nitrogens with one attached hydrogen (secondary N) is 1. The number of hydrogen-bond acceptors (Lipinski definition) is 7. The predicted octanol–water partition coefficient (Wildman–Crippen LogP) is 3.72. The van der Waals surface area contributed by atoms with Gasteiger partial charge in [-0.15, -0.1) is 0 Å². The van der Waals surface area contributed by atoms with Crippen LogP contribution in [0.25, 0.3) is 0 Å². The maximum atomic E-state index is 13.2. The Kier molecular flexibility index (Phi) is 7.02. The number of carbonyl (C=O) groups is 1. The van der Waals surface area contributed by atoms with Gasteiger partial charge < -0.3 is 20.9 Å². The summed E-state index contributed by atoms with van der Waals surface area (Å²) in [6, 6.07) is 10.8. The van der Waals surface area contributed by atoms with E-state index < -0.39 is 11.5 Å². The molecule has 5 N–H and O–H groups in total. The molecule has 0 saturated heterocycles. The smallest absolute Gasteiger partial charge is 0.325 e. The number of pyridine rings is 1. The fraction of sp³-hybridized carbons (Fsp3) is 0.500. The van der Waals surface area contributed by atoms with Crippen LogP contribution in [-0.2, 0) is 0 Å². The molecule has 0 aliphatic heterocycles. The average molecular weight is 505 g/mol. The van der Waals surface area contributed by atoms with Gasteiger partial charge in [-0.05, 0) is 69.4 Å². The number of ether oxygens (including phenoxy) is 1. The first-order valence-corrected chi connectivity index (χ1v) is 13.1. The third kappa shape index (κ3) is 6.03. The van der Waals surface area contributed by atoms with Gasteiger partial charge in [0.2, 0.25) is 5.69 Å². The molecule has 2 aromatic rings. The van der Waals surface area contributed by atoms with Gasteiger partial charge in [-0.25, -0.2) is 0 Å². The molecule has 3 saturated carbocycles. The lowest BCUT2D eigenvalue weighted by atomic mass is 9.81. The van der Waals surface area contributed by atoms with E-state index in [0.29, 0.717) is 60.9 Å². The molecule has 194 valence electrons. The van der Waals surface area contributed by atoms with Gasteiger partial charge in [-0.2, -0.15) is 5.26 Å². The molecule has 0 bridgehead atoms. The minimum Gasteiger partial charge on any atom is -0.491 e. The van der Waals surface area contributed by atoms with Crippen LogP contribution in [0.5, 0.6) is 5.75 Å². The monoisotopic (exact) mass is 504 g/mol. The molecule has 1 aromatic carbocycles. The van der Waals surface area contributed by atoms with Gasteiger partial charge in [0.25, 0.3) is 0 Å². The zero-order valence-electron chi connectivity index (χ0n) is 20.9. The number of aliphatic imine (C=N–C) groups is 1. The van der Waals surface area contributed by atoms with Crippen molar-refractivity contribution in [1.82, 2.24) is 0 Å². The minimum absolute atomic E-state index is 0.0284. The molecule has 0 atom stereocenters. The molecule has 1 aromatic heterocycles. The van der Waals surface area contributed by atoms with Crippen molar-refractivity contribution >= 4 is 23.5 Å². The van der Waals surface area contributed by atoms with Crippen molar-refractivity contribution in [2.75, 3.05) is 17.7 Å². The molecular formula is C28H34N5O4+. The van der Waals surface area contributed by atoms with E-state index in [-0.39, 0.29) is 24.1 Å². The number of benzene rings is 1. The third-order valence-electron chi connectivity index (χ3n) is 7.55. The summed E-state index contributed by atoms with van der Waals surface area (Å²) in [5.41, 5.74) is 7.89. The van der Waals surface area contributed by atoms with Crippen LogP contribution < -0.4 is 20.5 Å². The second kappa shape index (κ2) is 10.4. The molecule has 1 heterocycles. The topological polar surface area (TPSA) is 145 Å². The van der Waals surface area contributed by atoms with E-state index in [1.807, 2.05) is 6.07 Å². The summed E-state index contributed by atoms with van der Waals surface area (Å²) in [4.78, 5) is 17.9. The van der Waals surface area contributed by atoms with E-state index in [2.05, 4.69) is 16.4 Å². The zero-order chi connectivity index (χ0) is 26.0. The Labute approximate surface area is 216 Å². The van der Waals surface area contributed by atoms with Crippen molar-refractivity contribution in [3.05, 3.63) is 47.3 Å². The summed E-state index contributed by atoms with van der Waals surface area (Å²) in [6.45, 7) is 0.556. The lowest BCUT2D eigenvalue weighted by Gasteiger charge is -2.32. The van der Waals surface area contributed by atoms with E-state index in [1.54, 1.807) is 30.5 Å². The van der Waals surface area contributed by atoms with Crippen molar-refractivity contribution in [2.45, 2.75) is 75.3 Å². The average Bonchev–Trinajstić information content (AvgIpc) is 3.79. The number of rotatable bonds is 9. The Hall–Kier alpha value is -3.64. The van der Waals surface area contributed by atoms with Gasteiger partial charge >= 0.3 is 11.6 Å². The number of nitriles is 1. The number of nitrogen functional groups attached to an aromatic ring is 1. The van der Waals surface area contributed by atoms with Gasteiger partial charge in [0.15, 0.2) is 0 Å². The maximum Gasteiger partial charge on any atom is 0.325 e. The number of aliphatic hydroxyl groups is 1. The summed E-state index contributed by atoms with van der Waals surface area (Å²) < 4.78 is 6.99. The molecule has 0 unspecified atom stereocenters. The summed E-state index contributed by atoms with van der Waals surface area (Å²) in [5, 5.41) is 32.9. The first-order chi connectivity index (χ1) is 17.8. The second-order valence-electron chi connectivity index (χ2n) is 10.7. The Bertz CT molecular complexity index is 1240. The summed E-state index contributed by atoms with van der Waals surface area (Å²) in [7, 11) is 0. The van der Waals surface area contributed by atoms with Crippen molar-refractivity contribution < 1.29 is 24.6 Å². The van der Waals surface area contributed by atoms with Gasteiger partial charge in [0.05, 0.1) is 36.4 Å². The highest BCUT2D eigenvalue weighted by atomic mass is 16.5. The molecule has 9 nitrogen and oxygen atoms in total. The van der Waals surface area contributed by atoms with Crippen molar-refractivity contribution in [2.24, 2.45) is 10.9 Å². The standard InChI is InChI=1S/C28H33N5O4/c29-13-12-28(35)10-8-21(9-11-28)31-16-20-14-23(26(15-22(20)30)37-17-18-4-5-18)32-27(34)25-3-1-2-24(33(25)36)19-6-7-19/h1-3,14-16,18-19,21,30,34-36H,4-12,17H2/p+1. The van der Waals surface area contributed by atoms with E-state index in [9.17, 15) is 15.1 Å². The van der Waals surface area contributed by atoms with Gasteiger partial charge in [0.1, 0.15) is 5.75 Å². The first-order valence-electron chi connectivity index (χ1n) is 13.1. The number of aromatic nitrogens is 1. The fourth-order valence-corrected chi connectivity index (χ4v) is 4.80. The quantitative estimate of drug-likeness (QED) is 0.177. The van der Waals surface area contributed by atoms with Crippen molar-refractivity contribution in [1.29, 1.82) is 5.26 Å². The highest BCUT2D eigenvalue weighted by molar-refractivity contribution is 6.04. The molecule has 9 heteroatoms. The van der Waals surface area contributed by atoms with E-state index >= 15 is 0 Å². The summed E-state index contributed by atoms with van der Waals surface area (Å²) in [6.07, 6.45) is 8.56. The molecule has 37 heavy (non-hydrogen) atoms. The molecule has 3 fully saturated rings. The van der Waals surface area contributed by atoms with Crippen LogP contribution in [-0.4, -0.2) is 40.7 Å². The number of hydrogen-bond donors (Lipinski definition) is 4. The number of carbonyl (C=O) groups excluding carboxylic acids is 1. The number of nitrogens with two attached hydrogens (primary N) is 1. The Morgan fingerprint density at radius 3 is 2.68 bits per heavy atom. The Morgan fingerprint density at radius 2 is 2.00 bits per heavy atom. The van der Waals surface area contributed by atoms with Crippen molar-refractivity contribution in [3.8, 4) is 11.8 Å². The number of anilines is 2. The van der Waals surface area contributed by atoms with Crippen LogP contribution in [0.15, 0.2) is 35.3 Å². The fourth-order valence-electron chi connectivity index (χ4n) is 4.80. The molecular weight excluding hydrogens is 470 g/mol. The molecule has 3 aliphatic carbocycles. The van der Waals surface area contributed by atoms with Gasteiger partial charge in [0, 0.05) is 46.3 Å². The molecule has 0 radical (unpaired) electrons. The molecule has 3 aliphatic rings. The molecule has 5 rings (SSSR count). The normalized spacial score (nSPS) is 23.5. The zero-order valence-corrected chi connectivity index (χ0v) is 20.9. The van der Waals surface area contributed by atoms with Crippen LogP contribution in [0.4, 0.5) is 11.4 Å². The Balaban J connectivity index is 1.35. The molecule has 0 spiro atoms. The van der Waals surface area contributed by atoms with E-state index in [1.165, 1.54) is 0 Å². The molecule has 1 amide bonds. The van der Waals surface area contributed by atoms with Crippen LogP contribution >= 0.6 is 0 Å². The largest absolute Gasteiger partial charge is 0.491 e. The lowest BCUT2D eigenvalue weighted by Crippen LogP contribution is -2.43. The lowest BCUT2D eigenvalue weighted by molar-refractivity contribution is -0.910. The van der Waals surface area contributed by atoms with Crippen LogP contribution in [0.1, 0.15) is 85.5 Å². The first kappa shape index (κ1) is 25.0. The summed E-state index contributed by atoms with van der Waals surface area (Å²) in [5.74, 6) is 0.840. The van der Waals surface area contributed by atoms with E-state index in [4.69, 9.17) is 15.7 Å². The maximum absolute atomic E-state index is 13.2. The highest BCUT2D eigenvalue weighted by Crippen LogP contribution is 2.38. The van der Waals surface area contributed by atoms with Gasteiger partial charge in [-0.1, -0.05) is 0 Å². The van der Waals surface area contributed by atoms with Gasteiger partial charge in [-0.3, -0.25) is 15.0 Å². The SMILES string of the molecule is N#CCC1(O)CCC(N=Cc2cc(NC(=O)c3cccc(C4CC4)[n+]3O)c(OCC3CC3)cc2N)CC1. The van der Waals surface area contributed by atoms with Crippen LogP contribution in [0.2, 0.25) is 0 Å². The number of amides is 1. The predicted molar refractivity (Wildman–Crippen MR) is 138 cm³/mol. The third-order valence-corrected chi connectivity index (χ3v) is 7.55. The Morgan fingerprint density at radius 1 is 1.24 bits per heavy atom. The minimum atomic E-state index is -0.918. The van der Waals surface area contributed by atoms with Crippen LogP contribution in [0.3, 0.4) is 0 Å². The number of nitrogens with zero attached hydrogens (tertiary/aromatic N) is 3. The van der Waals surface area contributed by atoms with Crippen molar-refractivity contribution in [3.63, 3.8) is 0 Å².